The Balaban J connectivity index is 1.65. The van der Waals surface area contributed by atoms with Crippen molar-refractivity contribution in [1.29, 1.82) is 0 Å². The Labute approximate surface area is 191 Å². The molecule has 0 N–H and O–H groups in total. The molecule has 2 atom stereocenters. The summed E-state index contributed by atoms with van der Waals surface area (Å²) in [6.07, 6.45) is -1.79. The van der Waals surface area contributed by atoms with Crippen molar-refractivity contribution in [3.05, 3.63) is 59.6 Å². The fourth-order valence-electron chi connectivity index (χ4n) is 3.81. The molecular formula is C21H21F4N7O2. The molecule has 1 fully saturated rings. The number of nitrogens with zero attached hydrogens (tertiary/aromatic N) is 7. The molecule has 0 saturated carbocycles. The molecule has 4 rings (SSSR count). The number of alkyl halides is 3. The number of benzene rings is 1. The van der Waals surface area contributed by atoms with Gasteiger partial charge in [0.1, 0.15) is 17.3 Å². The minimum Gasteiger partial charge on any atom is -0.329 e. The van der Waals surface area contributed by atoms with E-state index < -0.39 is 35.7 Å². The summed E-state index contributed by atoms with van der Waals surface area (Å²) in [6.45, 7) is 4.81. The van der Waals surface area contributed by atoms with Crippen LogP contribution in [0.4, 0.5) is 23.4 Å². The Hall–Kier alpha value is -3.61. The van der Waals surface area contributed by atoms with Crippen LogP contribution in [0.5, 0.6) is 0 Å². The average Bonchev–Trinajstić information content (AvgIpc) is 3.25. The van der Waals surface area contributed by atoms with Crippen LogP contribution in [0.15, 0.2) is 36.7 Å². The van der Waals surface area contributed by atoms with E-state index in [9.17, 15) is 22.4 Å². The molecule has 0 aliphatic carbocycles. The van der Waals surface area contributed by atoms with Crippen LogP contribution in [0, 0.1) is 12.7 Å². The van der Waals surface area contributed by atoms with Gasteiger partial charge in [0.25, 0.3) is 5.91 Å². The molecule has 34 heavy (non-hydrogen) atoms. The van der Waals surface area contributed by atoms with E-state index >= 15 is 0 Å². The van der Waals surface area contributed by atoms with Gasteiger partial charge in [0.15, 0.2) is 5.82 Å². The Bertz CT molecular complexity index is 1190. The summed E-state index contributed by atoms with van der Waals surface area (Å²) in [7, 11) is 0. The standard InChI is InChI=1S/C21H21F4N7O2/c1-12-10-30(19-9-18(21(23,24)25)28-14(3)29-19)34-11-13(2)31(12)20(33)16-8-15(22)4-5-17(16)32-26-6-7-27-32/h4-9,12-13H,10-11H2,1-3H3/t12-,13+/m0/s1. The first kappa shape index (κ1) is 23.5. The molecule has 3 heterocycles. The van der Waals surface area contributed by atoms with Crippen molar-refractivity contribution in [2.75, 3.05) is 18.2 Å². The molecule has 9 nitrogen and oxygen atoms in total. The minimum absolute atomic E-state index is 0.0223. The van der Waals surface area contributed by atoms with Crippen LogP contribution in [0.2, 0.25) is 0 Å². The normalized spacial score (nSPS) is 19.3. The van der Waals surface area contributed by atoms with Crippen molar-refractivity contribution in [3.63, 3.8) is 0 Å². The molecule has 0 unspecified atom stereocenters. The topological polar surface area (TPSA) is 89.3 Å². The van der Waals surface area contributed by atoms with Gasteiger partial charge < -0.3 is 4.90 Å². The Kier molecular flexibility index (Phi) is 6.21. The number of hydroxylamine groups is 1. The molecule has 1 amide bonds. The molecule has 1 aromatic carbocycles. The lowest BCUT2D eigenvalue weighted by molar-refractivity contribution is -0.141. The fraction of sp³-hybridized carbons (Fsp3) is 0.381. The van der Waals surface area contributed by atoms with E-state index in [0.717, 1.165) is 12.1 Å². The fourth-order valence-corrected chi connectivity index (χ4v) is 3.81. The van der Waals surface area contributed by atoms with E-state index in [1.165, 1.54) is 46.2 Å². The van der Waals surface area contributed by atoms with Crippen molar-refractivity contribution in [1.82, 2.24) is 29.9 Å². The summed E-state index contributed by atoms with van der Waals surface area (Å²) in [5, 5.41) is 9.27. The second kappa shape index (κ2) is 8.97. The Morgan fingerprint density at radius 2 is 1.79 bits per heavy atom. The summed E-state index contributed by atoms with van der Waals surface area (Å²) >= 11 is 0. The van der Waals surface area contributed by atoms with Crippen LogP contribution >= 0.6 is 0 Å². The molecule has 2 aromatic heterocycles. The highest BCUT2D eigenvalue weighted by molar-refractivity contribution is 5.98. The van der Waals surface area contributed by atoms with Crippen molar-refractivity contribution < 1.29 is 27.2 Å². The lowest BCUT2D eigenvalue weighted by Crippen LogP contribution is -2.47. The smallest absolute Gasteiger partial charge is 0.329 e. The van der Waals surface area contributed by atoms with Crippen molar-refractivity contribution >= 4 is 11.7 Å². The van der Waals surface area contributed by atoms with Crippen LogP contribution < -0.4 is 5.06 Å². The SMILES string of the molecule is Cc1nc(N2C[C@H](C)N(C(=O)c3cc(F)ccc3-n3nccn3)[C@H](C)CO2)cc(C(F)(F)F)n1. The predicted molar refractivity (Wildman–Crippen MR) is 111 cm³/mol. The molecule has 1 saturated heterocycles. The molecular weight excluding hydrogens is 458 g/mol. The number of anilines is 1. The monoisotopic (exact) mass is 479 g/mol. The molecule has 13 heteroatoms. The summed E-state index contributed by atoms with van der Waals surface area (Å²) in [5.74, 6) is -1.24. The van der Waals surface area contributed by atoms with Crippen LogP contribution in [0.1, 0.15) is 35.7 Å². The zero-order valence-electron chi connectivity index (χ0n) is 18.5. The summed E-state index contributed by atoms with van der Waals surface area (Å²) in [6, 6.07) is 3.49. The third-order valence-corrected chi connectivity index (χ3v) is 5.28. The lowest BCUT2D eigenvalue weighted by Gasteiger charge is -2.32. The van der Waals surface area contributed by atoms with Gasteiger partial charge in [-0.3, -0.25) is 9.63 Å². The molecule has 1 aliphatic heterocycles. The van der Waals surface area contributed by atoms with E-state index in [0.29, 0.717) is 5.69 Å². The molecule has 0 spiro atoms. The maximum atomic E-state index is 14.1. The number of carbonyl (C=O) groups is 1. The first-order valence-corrected chi connectivity index (χ1v) is 10.4. The summed E-state index contributed by atoms with van der Waals surface area (Å²) < 4.78 is 53.8. The first-order valence-electron chi connectivity index (χ1n) is 10.4. The summed E-state index contributed by atoms with van der Waals surface area (Å²) in [5.41, 5.74) is -0.757. The highest BCUT2D eigenvalue weighted by Gasteiger charge is 2.36. The van der Waals surface area contributed by atoms with Gasteiger partial charge in [0.05, 0.1) is 42.8 Å². The maximum Gasteiger partial charge on any atom is 0.433 e. The van der Waals surface area contributed by atoms with Gasteiger partial charge in [-0.05, 0) is 39.0 Å². The molecule has 0 bridgehead atoms. The molecule has 0 radical (unpaired) electrons. The van der Waals surface area contributed by atoms with Gasteiger partial charge in [0.2, 0.25) is 0 Å². The Morgan fingerprint density at radius 3 is 2.47 bits per heavy atom. The van der Waals surface area contributed by atoms with Crippen LogP contribution in [-0.2, 0) is 11.0 Å². The zero-order valence-corrected chi connectivity index (χ0v) is 18.5. The first-order chi connectivity index (χ1) is 16.0. The van der Waals surface area contributed by atoms with E-state index in [1.54, 1.807) is 13.8 Å². The highest BCUT2D eigenvalue weighted by Crippen LogP contribution is 2.31. The number of halogens is 4. The van der Waals surface area contributed by atoms with Gasteiger partial charge in [0, 0.05) is 12.1 Å². The summed E-state index contributed by atoms with van der Waals surface area (Å²) in [4.78, 5) is 29.5. The number of rotatable bonds is 3. The van der Waals surface area contributed by atoms with Crippen molar-refractivity contribution in [2.45, 2.75) is 39.0 Å². The van der Waals surface area contributed by atoms with Gasteiger partial charge in [-0.1, -0.05) is 0 Å². The number of amides is 1. The molecule has 3 aromatic rings. The van der Waals surface area contributed by atoms with Crippen LogP contribution in [0.25, 0.3) is 5.69 Å². The second-order valence-corrected chi connectivity index (χ2v) is 7.90. The second-order valence-electron chi connectivity index (χ2n) is 7.90. The van der Waals surface area contributed by atoms with Gasteiger partial charge in [-0.25, -0.2) is 19.4 Å². The third-order valence-electron chi connectivity index (χ3n) is 5.28. The quantitative estimate of drug-likeness (QED) is 0.533. The highest BCUT2D eigenvalue weighted by atomic mass is 19.4. The lowest BCUT2D eigenvalue weighted by atomic mass is 10.1. The van der Waals surface area contributed by atoms with Gasteiger partial charge >= 0.3 is 6.18 Å². The third kappa shape index (κ3) is 4.69. The number of hydrogen-bond acceptors (Lipinski definition) is 7. The molecule has 180 valence electrons. The van der Waals surface area contributed by atoms with Crippen LogP contribution in [0.3, 0.4) is 0 Å². The molecule has 1 aliphatic rings. The van der Waals surface area contributed by atoms with E-state index in [4.69, 9.17) is 4.84 Å². The minimum atomic E-state index is -4.65. The largest absolute Gasteiger partial charge is 0.433 e. The number of aryl methyl sites for hydroxylation is 1. The number of carbonyl (C=O) groups excluding carboxylic acids is 1. The van der Waals surface area contributed by atoms with E-state index in [1.807, 2.05) is 0 Å². The van der Waals surface area contributed by atoms with Gasteiger partial charge in [-0.2, -0.15) is 28.2 Å². The van der Waals surface area contributed by atoms with Crippen LogP contribution in [-0.4, -0.2) is 61.0 Å². The van der Waals surface area contributed by atoms with Gasteiger partial charge in [-0.15, -0.1) is 0 Å². The zero-order chi connectivity index (χ0) is 24.6. The number of hydrogen-bond donors (Lipinski definition) is 0. The average molecular weight is 479 g/mol. The maximum absolute atomic E-state index is 14.1. The van der Waals surface area contributed by atoms with E-state index in [-0.39, 0.29) is 30.4 Å². The number of aromatic nitrogens is 5. The van der Waals surface area contributed by atoms with Crippen molar-refractivity contribution in [3.8, 4) is 5.69 Å². The predicted octanol–water partition coefficient (Wildman–Crippen LogP) is 3.19. The van der Waals surface area contributed by atoms with E-state index in [2.05, 4.69) is 20.2 Å². The van der Waals surface area contributed by atoms with Crippen molar-refractivity contribution in [2.24, 2.45) is 0 Å². The Morgan fingerprint density at radius 1 is 1.09 bits per heavy atom.